The summed E-state index contributed by atoms with van der Waals surface area (Å²) in [4.78, 5) is 12.6. The molecule has 2 aromatic carbocycles. The number of carbonyl (C=O) groups excluding carboxylic acids is 1. The second-order valence-electron chi connectivity index (χ2n) is 4.87. The summed E-state index contributed by atoms with van der Waals surface area (Å²) in [6.45, 7) is 0. The molecule has 1 aliphatic heterocycles. The van der Waals surface area contributed by atoms with Crippen molar-refractivity contribution in [1.29, 1.82) is 0 Å². The molecule has 0 aromatic heterocycles. The van der Waals surface area contributed by atoms with Crippen molar-refractivity contribution in [2.75, 3.05) is 17.3 Å². The number of anilines is 2. The molecule has 1 heterocycles. The Morgan fingerprint density at radius 2 is 1.95 bits per heavy atom. The Morgan fingerprint density at radius 1 is 1.19 bits per heavy atom. The SMILES string of the molecule is CSc1ccc(Oc2cc3c(cc2N)CCC(=O)N3)cc1. The van der Waals surface area contributed by atoms with E-state index >= 15 is 0 Å². The molecule has 1 aliphatic rings. The Morgan fingerprint density at radius 3 is 2.67 bits per heavy atom. The zero-order valence-electron chi connectivity index (χ0n) is 11.7. The van der Waals surface area contributed by atoms with Gasteiger partial charge in [-0.1, -0.05) is 0 Å². The third-order valence-electron chi connectivity index (χ3n) is 3.42. The average molecular weight is 300 g/mol. The molecule has 108 valence electrons. The summed E-state index contributed by atoms with van der Waals surface area (Å²) in [7, 11) is 0. The van der Waals surface area contributed by atoms with Crippen LogP contribution >= 0.6 is 11.8 Å². The highest BCUT2D eigenvalue weighted by Gasteiger charge is 2.17. The Balaban J connectivity index is 1.87. The second kappa shape index (κ2) is 5.69. The smallest absolute Gasteiger partial charge is 0.224 e. The number of hydrogen-bond donors (Lipinski definition) is 2. The molecule has 0 atom stereocenters. The highest BCUT2D eigenvalue weighted by Crippen LogP contribution is 2.35. The number of hydrogen-bond acceptors (Lipinski definition) is 4. The van der Waals surface area contributed by atoms with Crippen LogP contribution in [0.5, 0.6) is 11.5 Å². The third-order valence-corrected chi connectivity index (χ3v) is 4.16. The molecule has 0 saturated heterocycles. The molecule has 3 N–H and O–H groups in total. The molecule has 0 aliphatic carbocycles. The summed E-state index contributed by atoms with van der Waals surface area (Å²) in [5.74, 6) is 1.32. The molecule has 5 heteroatoms. The molecule has 21 heavy (non-hydrogen) atoms. The monoisotopic (exact) mass is 300 g/mol. The van der Waals surface area contributed by atoms with Crippen LogP contribution in [-0.2, 0) is 11.2 Å². The lowest BCUT2D eigenvalue weighted by atomic mass is 10.0. The summed E-state index contributed by atoms with van der Waals surface area (Å²) in [5.41, 5.74) is 8.46. The number of amides is 1. The van der Waals surface area contributed by atoms with E-state index in [1.807, 2.05) is 36.6 Å². The summed E-state index contributed by atoms with van der Waals surface area (Å²) < 4.78 is 5.82. The Bertz CT molecular complexity index is 683. The van der Waals surface area contributed by atoms with E-state index in [-0.39, 0.29) is 5.91 Å². The Labute approximate surface area is 127 Å². The molecular weight excluding hydrogens is 284 g/mol. The molecule has 0 fully saturated rings. The number of nitrogens with one attached hydrogen (secondary N) is 1. The first-order valence-corrected chi connectivity index (χ1v) is 7.92. The zero-order chi connectivity index (χ0) is 14.8. The summed E-state index contributed by atoms with van der Waals surface area (Å²) >= 11 is 1.68. The highest BCUT2D eigenvalue weighted by atomic mass is 32.2. The standard InChI is InChI=1S/C16H16N2O2S/c1-21-12-5-3-11(4-6-12)20-15-9-14-10(8-13(15)17)2-7-16(19)18-14/h3-6,8-9H,2,7,17H2,1H3,(H,18,19). The van der Waals surface area contributed by atoms with Crippen LogP contribution in [0.2, 0.25) is 0 Å². The van der Waals surface area contributed by atoms with Crippen molar-refractivity contribution in [2.24, 2.45) is 0 Å². The van der Waals surface area contributed by atoms with Crippen LogP contribution in [0.1, 0.15) is 12.0 Å². The number of aryl methyl sites for hydroxylation is 1. The third kappa shape index (κ3) is 2.97. The fourth-order valence-corrected chi connectivity index (χ4v) is 2.70. The lowest BCUT2D eigenvalue weighted by molar-refractivity contribution is -0.116. The number of nitrogens with two attached hydrogens (primary N) is 1. The van der Waals surface area contributed by atoms with Gasteiger partial charge in [-0.25, -0.2) is 0 Å². The summed E-state index contributed by atoms with van der Waals surface area (Å²) in [6, 6.07) is 11.5. The summed E-state index contributed by atoms with van der Waals surface area (Å²) in [6.07, 6.45) is 3.25. The number of thioether (sulfide) groups is 1. The lowest BCUT2D eigenvalue weighted by Crippen LogP contribution is -2.19. The predicted molar refractivity (Wildman–Crippen MR) is 86.1 cm³/mol. The fraction of sp³-hybridized carbons (Fsp3) is 0.188. The van der Waals surface area contributed by atoms with Gasteiger partial charge in [0, 0.05) is 23.1 Å². The van der Waals surface area contributed by atoms with E-state index in [1.165, 1.54) is 4.90 Å². The number of ether oxygens (including phenoxy) is 1. The maximum Gasteiger partial charge on any atom is 0.224 e. The van der Waals surface area contributed by atoms with E-state index in [0.717, 1.165) is 17.0 Å². The Kier molecular flexibility index (Phi) is 3.75. The maximum absolute atomic E-state index is 11.5. The highest BCUT2D eigenvalue weighted by molar-refractivity contribution is 7.98. The van der Waals surface area contributed by atoms with Crippen LogP contribution in [0.3, 0.4) is 0 Å². The molecule has 3 rings (SSSR count). The van der Waals surface area contributed by atoms with E-state index in [1.54, 1.807) is 17.8 Å². The van der Waals surface area contributed by atoms with E-state index in [4.69, 9.17) is 10.5 Å². The molecule has 0 spiro atoms. The number of nitrogen functional groups attached to an aromatic ring is 1. The van der Waals surface area contributed by atoms with E-state index in [0.29, 0.717) is 24.3 Å². The number of rotatable bonds is 3. The average Bonchev–Trinajstić information content (AvgIpc) is 2.49. The van der Waals surface area contributed by atoms with Gasteiger partial charge in [0.2, 0.25) is 5.91 Å². The molecular formula is C16H16N2O2S. The predicted octanol–water partition coefficient (Wildman–Crippen LogP) is 3.67. The first kappa shape index (κ1) is 13.8. The van der Waals surface area contributed by atoms with Gasteiger partial charge in [0.15, 0.2) is 5.75 Å². The molecule has 2 aromatic rings. The second-order valence-corrected chi connectivity index (χ2v) is 5.75. The first-order valence-electron chi connectivity index (χ1n) is 6.70. The van der Waals surface area contributed by atoms with Crippen molar-refractivity contribution in [3.05, 3.63) is 42.0 Å². The van der Waals surface area contributed by atoms with E-state index in [2.05, 4.69) is 5.32 Å². The van der Waals surface area contributed by atoms with Crippen LogP contribution in [-0.4, -0.2) is 12.2 Å². The van der Waals surface area contributed by atoms with E-state index in [9.17, 15) is 4.79 Å². The van der Waals surface area contributed by atoms with E-state index < -0.39 is 0 Å². The molecule has 0 saturated carbocycles. The van der Waals surface area contributed by atoms with Crippen molar-refractivity contribution in [3.8, 4) is 11.5 Å². The zero-order valence-corrected chi connectivity index (χ0v) is 12.5. The molecule has 0 bridgehead atoms. The van der Waals surface area contributed by atoms with Crippen molar-refractivity contribution in [3.63, 3.8) is 0 Å². The van der Waals surface area contributed by atoms with Crippen LogP contribution in [0.4, 0.5) is 11.4 Å². The normalized spacial score (nSPS) is 13.5. The lowest BCUT2D eigenvalue weighted by Gasteiger charge is -2.19. The van der Waals surface area contributed by atoms with Gasteiger partial charge in [-0.2, -0.15) is 0 Å². The largest absolute Gasteiger partial charge is 0.455 e. The number of carbonyl (C=O) groups is 1. The molecule has 1 amide bonds. The van der Waals surface area contributed by atoms with Crippen LogP contribution in [0, 0.1) is 0 Å². The fourth-order valence-electron chi connectivity index (χ4n) is 2.29. The van der Waals surface area contributed by atoms with Gasteiger partial charge < -0.3 is 15.8 Å². The molecule has 0 radical (unpaired) electrons. The van der Waals surface area contributed by atoms with Gasteiger partial charge in [0.05, 0.1) is 5.69 Å². The number of benzene rings is 2. The van der Waals surface area contributed by atoms with Gasteiger partial charge in [-0.05, 0) is 48.6 Å². The minimum Gasteiger partial charge on any atom is -0.455 e. The van der Waals surface area contributed by atoms with Gasteiger partial charge in [0.1, 0.15) is 5.75 Å². The van der Waals surface area contributed by atoms with Crippen LogP contribution in [0.25, 0.3) is 0 Å². The minimum absolute atomic E-state index is 0.0301. The van der Waals surface area contributed by atoms with Crippen molar-refractivity contribution >= 4 is 29.0 Å². The topological polar surface area (TPSA) is 64.3 Å². The van der Waals surface area contributed by atoms with Crippen molar-refractivity contribution < 1.29 is 9.53 Å². The first-order chi connectivity index (χ1) is 10.2. The van der Waals surface area contributed by atoms with Crippen LogP contribution in [0.15, 0.2) is 41.3 Å². The maximum atomic E-state index is 11.5. The van der Waals surface area contributed by atoms with Gasteiger partial charge in [-0.3, -0.25) is 4.79 Å². The molecule has 4 nitrogen and oxygen atoms in total. The van der Waals surface area contributed by atoms with Crippen LogP contribution < -0.4 is 15.8 Å². The molecule has 0 unspecified atom stereocenters. The number of fused-ring (bicyclic) bond motifs is 1. The van der Waals surface area contributed by atoms with Crippen molar-refractivity contribution in [1.82, 2.24) is 0 Å². The van der Waals surface area contributed by atoms with Crippen molar-refractivity contribution in [2.45, 2.75) is 17.7 Å². The minimum atomic E-state index is 0.0301. The quantitative estimate of drug-likeness (QED) is 0.670. The summed E-state index contributed by atoms with van der Waals surface area (Å²) in [5, 5.41) is 2.85. The Hall–Kier alpha value is -2.14. The van der Waals surface area contributed by atoms with Gasteiger partial charge in [0.25, 0.3) is 0 Å². The van der Waals surface area contributed by atoms with Gasteiger partial charge in [-0.15, -0.1) is 11.8 Å². The van der Waals surface area contributed by atoms with Gasteiger partial charge >= 0.3 is 0 Å².